The Bertz CT molecular complexity index is 1460. The van der Waals surface area contributed by atoms with Crippen LogP contribution in [0.5, 0.6) is 0 Å². The third-order valence-corrected chi connectivity index (χ3v) is 6.84. The molecule has 0 radical (unpaired) electrons. The van der Waals surface area contributed by atoms with Crippen LogP contribution in [0.15, 0.2) is 103 Å². The van der Waals surface area contributed by atoms with Gasteiger partial charge in [0.2, 0.25) is 0 Å². The molecule has 0 bridgehead atoms. The minimum atomic E-state index is 0.968. The van der Waals surface area contributed by atoms with Crippen LogP contribution in [0.4, 0.5) is 17.1 Å². The van der Waals surface area contributed by atoms with Gasteiger partial charge in [-0.05, 0) is 70.8 Å². The maximum Gasteiger partial charge on any atom is 0.0540 e. The Morgan fingerprint density at radius 1 is 0.656 bits per heavy atom. The van der Waals surface area contributed by atoms with Crippen LogP contribution in [-0.4, -0.2) is 0 Å². The van der Waals surface area contributed by atoms with Crippen LogP contribution < -0.4 is 4.90 Å². The highest BCUT2D eigenvalue weighted by Crippen LogP contribution is 2.49. The van der Waals surface area contributed by atoms with Crippen LogP contribution in [-0.2, 0) is 6.42 Å². The molecule has 0 fully saturated rings. The first-order valence-electron chi connectivity index (χ1n) is 11.3. The summed E-state index contributed by atoms with van der Waals surface area (Å²) in [5.41, 5.74) is 12.0. The second-order valence-electron chi connectivity index (χ2n) is 8.70. The Kier molecular flexibility index (Phi) is 4.36. The molecule has 0 unspecified atom stereocenters. The van der Waals surface area contributed by atoms with Crippen molar-refractivity contribution in [2.24, 2.45) is 0 Å². The molecule has 1 aliphatic rings. The third-order valence-electron chi connectivity index (χ3n) is 6.84. The summed E-state index contributed by atoms with van der Waals surface area (Å²) in [7, 11) is 0. The smallest absolute Gasteiger partial charge is 0.0540 e. The molecule has 5 aromatic rings. The van der Waals surface area contributed by atoms with Gasteiger partial charge in [0.1, 0.15) is 0 Å². The van der Waals surface area contributed by atoms with Crippen molar-refractivity contribution in [3.63, 3.8) is 0 Å². The molecule has 0 saturated heterocycles. The monoisotopic (exact) mass is 411 g/mol. The Labute approximate surface area is 189 Å². The predicted octanol–water partition coefficient (Wildman–Crippen LogP) is 8.50. The van der Waals surface area contributed by atoms with Crippen molar-refractivity contribution < 1.29 is 0 Å². The van der Waals surface area contributed by atoms with E-state index in [4.69, 9.17) is 0 Å². The number of anilines is 3. The number of aryl methyl sites for hydroxylation is 1. The first-order chi connectivity index (χ1) is 15.7. The molecule has 6 rings (SSSR count). The predicted molar refractivity (Wildman–Crippen MR) is 136 cm³/mol. The number of benzene rings is 5. The summed E-state index contributed by atoms with van der Waals surface area (Å²) in [6.07, 6.45) is 0.968. The van der Waals surface area contributed by atoms with E-state index in [1.165, 1.54) is 61.2 Å². The molecule has 0 heterocycles. The number of rotatable bonds is 3. The highest BCUT2D eigenvalue weighted by atomic mass is 15.1. The van der Waals surface area contributed by atoms with E-state index in [0.717, 1.165) is 6.42 Å². The largest absolute Gasteiger partial charge is 0.309 e. The lowest BCUT2D eigenvalue weighted by molar-refractivity contribution is 1.17. The number of fused-ring (bicyclic) bond motifs is 4. The van der Waals surface area contributed by atoms with Crippen molar-refractivity contribution in [1.29, 1.82) is 0 Å². The Morgan fingerprint density at radius 3 is 2.25 bits per heavy atom. The molecule has 0 spiro atoms. The summed E-state index contributed by atoms with van der Waals surface area (Å²) in [6.45, 7) is 4.52. The van der Waals surface area contributed by atoms with Crippen molar-refractivity contribution in [3.8, 4) is 11.1 Å². The number of hydrogen-bond acceptors (Lipinski definition) is 1. The molecule has 5 aromatic carbocycles. The SMILES string of the molecule is Cc1cc2c(c(N(c3ccccc3)c3cccc4ccccc34)c1C)Cc1ccccc1-2. The molecule has 0 N–H and O–H groups in total. The Balaban J connectivity index is 1.69. The average Bonchev–Trinajstić information content (AvgIpc) is 3.20. The molecule has 0 saturated carbocycles. The van der Waals surface area contributed by atoms with Crippen molar-refractivity contribution in [3.05, 3.63) is 125 Å². The summed E-state index contributed by atoms with van der Waals surface area (Å²) in [5, 5.41) is 2.53. The van der Waals surface area contributed by atoms with Gasteiger partial charge in [-0.25, -0.2) is 0 Å². The van der Waals surface area contributed by atoms with E-state index >= 15 is 0 Å². The van der Waals surface area contributed by atoms with Crippen molar-refractivity contribution in [2.45, 2.75) is 20.3 Å². The molecular formula is C31H25N. The summed E-state index contributed by atoms with van der Waals surface area (Å²) >= 11 is 0. The van der Waals surface area contributed by atoms with Gasteiger partial charge in [-0.15, -0.1) is 0 Å². The van der Waals surface area contributed by atoms with Gasteiger partial charge in [0.15, 0.2) is 0 Å². The summed E-state index contributed by atoms with van der Waals surface area (Å²) in [6, 6.07) is 37.4. The summed E-state index contributed by atoms with van der Waals surface area (Å²) in [4.78, 5) is 2.48. The van der Waals surface area contributed by atoms with Crippen LogP contribution in [0.3, 0.4) is 0 Å². The van der Waals surface area contributed by atoms with E-state index in [1.807, 2.05) is 0 Å². The van der Waals surface area contributed by atoms with Crippen LogP contribution in [0, 0.1) is 13.8 Å². The minimum Gasteiger partial charge on any atom is -0.309 e. The van der Waals surface area contributed by atoms with Gasteiger partial charge in [-0.2, -0.15) is 0 Å². The molecule has 0 atom stereocenters. The number of nitrogens with zero attached hydrogens (tertiary/aromatic N) is 1. The van der Waals surface area contributed by atoms with Gasteiger partial charge in [0.05, 0.1) is 11.4 Å². The topological polar surface area (TPSA) is 3.24 Å². The molecule has 32 heavy (non-hydrogen) atoms. The van der Waals surface area contributed by atoms with Crippen molar-refractivity contribution >= 4 is 27.8 Å². The van der Waals surface area contributed by atoms with E-state index in [-0.39, 0.29) is 0 Å². The molecule has 154 valence electrons. The fourth-order valence-electron chi connectivity index (χ4n) is 5.17. The molecule has 1 aliphatic carbocycles. The molecular weight excluding hydrogens is 386 g/mol. The zero-order valence-corrected chi connectivity index (χ0v) is 18.5. The van der Waals surface area contributed by atoms with Crippen LogP contribution in [0.2, 0.25) is 0 Å². The normalized spacial score (nSPS) is 11.9. The Hall–Kier alpha value is -3.84. The minimum absolute atomic E-state index is 0.968. The van der Waals surface area contributed by atoms with Crippen LogP contribution in [0.1, 0.15) is 22.3 Å². The van der Waals surface area contributed by atoms with Crippen LogP contribution in [0.25, 0.3) is 21.9 Å². The van der Waals surface area contributed by atoms with E-state index < -0.39 is 0 Å². The fourth-order valence-corrected chi connectivity index (χ4v) is 5.17. The van der Waals surface area contributed by atoms with Gasteiger partial charge in [0.25, 0.3) is 0 Å². The van der Waals surface area contributed by atoms with E-state index in [9.17, 15) is 0 Å². The maximum absolute atomic E-state index is 2.48. The standard InChI is InChI=1S/C31H25N/c1-21-19-28-26-16-8-7-12-24(26)20-29(28)31(22(21)2)32(25-14-4-3-5-15-25)30-18-10-13-23-11-6-9-17-27(23)30/h3-19H,20H2,1-2H3. The zero-order valence-electron chi connectivity index (χ0n) is 18.5. The van der Waals surface area contributed by atoms with Gasteiger partial charge in [0, 0.05) is 17.5 Å². The average molecular weight is 412 g/mol. The maximum atomic E-state index is 2.48. The second kappa shape index (κ2) is 7.39. The first kappa shape index (κ1) is 18.9. The molecule has 1 heteroatoms. The first-order valence-corrected chi connectivity index (χ1v) is 11.3. The molecule has 0 aliphatic heterocycles. The lowest BCUT2D eigenvalue weighted by Crippen LogP contribution is -2.14. The summed E-state index contributed by atoms with van der Waals surface area (Å²) < 4.78 is 0. The van der Waals surface area contributed by atoms with Gasteiger partial charge >= 0.3 is 0 Å². The van der Waals surface area contributed by atoms with E-state index in [0.29, 0.717) is 0 Å². The molecule has 0 aromatic heterocycles. The van der Waals surface area contributed by atoms with Gasteiger partial charge in [-0.3, -0.25) is 0 Å². The van der Waals surface area contributed by atoms with Crippen LogP contribution >= 0.6 is 0 Å². The van der Waals surface area contributed by atoms with E-state index in [2.05, 4.69) is 122 Å². The number of para-hydroxylation sites is 1. The fraction of sp³-hybridized carbons (Fsp3) is 0.0968. The molecule has 1 nitrogen and oxygen atoms in total. The Morgan fingerprint density at radius 2 is 1.38 bits per heavy atom. The lowest BCUT2D eigenvalue weighted by atomic mass is 9.95. The van der Waals surface area contributed by atoms with E-state index in [1.54, 1.807) is 0 Å². The van der Waals surface area contributed by atoms with Crippen molar-refractivity contribution in [2.75, 3.05) is 4.90 Å². The summed E-state index contributed by atoms with van der Waals surface area (Å²) in [5.74, 6) is 0. The third kappa shape index (κ3) is 2.85. The second-order valence-corrected chi connectivity index (χ2v) is 8.70. The van der Waals surface area contributed by atoms with Crippen molar-refractivity contribution in [1.82, 2.24) is 0 Å². The number of hydrogen-bond donors (Lipinski definition) is 0. The highest BCUT2D eigenvalue weighted by molar-refractivity contribution is 6.01. The lowest BCUT2D eigenvalue weighted by Gasteiger charge is -2.31. The van der Waals surface area contributed by atoms with Gasteiger partial charge < -0.3 is 4.90 Å². The quantitative estimate of drug-likeness (QED) is 0.282. The highest BCUT2D eigenvalue weighted by Gasteiger charge is 2.28. The molecule has 0 amide bonds. The van der Waals surface area contributed by atoms with Gasteiger partial charge in [-0.1, -0.05) is 84.9 Å². The zero-order chi connectivity index (χ0) is 21.7.